The van der Waals surface area contributed by atoms with E-state index in [9.17, 15) is 8.42 Å². The van der Waals surface area contributed by atoms with Crippen LogP contribution in [0.25, 0.3) is 0 Å². The molecule has 1 heterocycles. The molecule has 1 unspecified atom stereocenters. The number of rotatable bonds is 8. The minimum atomic E-state index is -3.50. The molecule has 0 radical (unpaired) electrons. The zero-order chi connectivity index (χ0) is 20.5. The van der Waals surface area contributed by atoms with Crippen LogP contribution in [-0.4, -0.2) is 53.1 Å². The minimum Gasteiger partial charge on any atom is -0.369 e. The number of hydrogen-bond acceptors (Lipinski definition) is 4. The Bertz CT molecular complexity index is 894. The summed E-state index contributed by atoms with van der Waals surface area (Å²) in [6.07, 6.45) is 1.03. The average molecular weight is 543 g/mol. The molecule has 0 aromatic heterocycles. The number of nitrogens with one attached hydrogen (secondary N) is 3. The van der Waals surface area contributed by atoms with Gasteiger partial charge in [0.2, 0.25) is 10.0 Å². The monoisotopic (exact) mass is 543 g/mol. The Kier molecular flexibility index (Phi) is 9.86. The van der Waals surface area contributed by atoms with Crippen molar-refractivity contribution in [2.45, 2.75) is 24.3 Å². The standard InChI is InChI=1S/C21H29N5O2S.HI/c1-2-22-21(23-14-15-24-29(27,28)20-11-7-4-8-12-20)25-18-13-16-26(17-18)19-9-5-3-6-10-19;/h3-12,18,24H,2,13-17H2,1H3,(H2,22,23,25);1H. The van der Waals surface area contributed by atoms with Crippen molar-refractivity contribution >= 4 is 45.6 Å². The summed E-state index contributed by atoms with van der Waals surface area (Å²) < 4.78 is 27.1. The Balaban J connectivity index is 0.00000320. The smallest absolute Gasteiger partial charge is 0.240 e. The second-order valence-electron chi connectivity index (χ2n) is 6.88. The van der Waals surface area contributed by atoms with Crippen LogP contribution in [0.1, 0.15) is 13.3 Å². The molecule has 1 atom stereocenters. The van der Waals surface area contributed by atoms with Crippen molar-refractivity contribution in [3.05, 3.63) is 60.7 Å². The van der Waals surface area contributed by atoms with Gasteiger partial charge in [-0.3, -0.25) is 4.99 Å². The molecule has 3 rings (SSSR count). The lowest BCUT2D eigenvalue weighted by Gasteiger charge is -2.20. The molecule has 7 nitrogen and oxygen atoms in total. The Morgan fingerprint density at radius 3 is 2.43 bits per heavy atom. The summed E-state index contributed by atoms with van der Waals surface area (Å²) in [6, 6.07) is 19.1. The van der Waals surface area contributed by atoms with Crippen molar-refractivity contribution in [1.82, 2.24) is 15.4 Å². The van der Waals surface area contributed by atoms with Gasteiger partial charge in [-0.1, -0.05) is 36.4 Å². The van der Waals surface area contributed by atoms with E-state index < -0.39 is 10.0 Å². The van der Waals surface area contributed by atoms with Crippen LogP contribution in [0, 0.1) is 0 Å². The number of anilines is 1. The van der Waals surface area contributed by atoms with E-state index in [-0.39, 0.29) is 35.4 Å². The fourth-order valence-corrected chi connectivity index (χ4v) is 4.34. The number of para-hydroxylation sites is 1. The summed E-state index contributed by atoms with van der Waals surface area (Å²) in [5.41, 5.74) is 1.23. The van der Waals surface area contributed by atoms with E-state index in [1.807, 2.05) is 13.0 Å². The first-order valence-corrected chi connectivity index (χ1v) is 11.5. The van der Waals surface area contributed by atoms with E-state index in [0.717, 1.165) is 26.1 Å². The van der Waals surface area contributed by atoms with Crippen LogP contribution in [0.2, 0.25) is 0 Å². The third kappa shape index (κ3) is 7.13. The fourth-order valence-electron chi connectivity index (χ4n) is 3.30. The number of aliphatic imine (C=N–C) groups is 1. The largest absolute Gasteiger partial charge is 0.369 e. The summed E-state index contributed by atoms with van der Waals surface area (Å²) in [6.45, 7) is 5.27. The molecule has 30 heavy (non-hydrogen) atoms. The topological polar surface area (TPSA) is 85.8 Å². The van der Waals surface area contributed by atoms with Crippen molar-refractivity contribution in [3.63, 3.8) is 0 Å². The van der Waals surface area contributed by atoms with Gasteiger partial charge < -0.3 is 15.5 Å². The molecule has 1 aliphatic heterocycles. The van der Waals surface area contributed by atoms with Crippen LogP contribution < -0.4 is 20.3 Å². The lowest BCUT2D eigenvalue weighted by Crippen LogP contribution is -2.45. The summed E-state index contributed by atoms with van der Waals surface area (Å²) in [7, 11) is -3.50. The molecular formula is C21H30IN5O2S. The highest BCUT2D eigenvalue weighted by molar-refractivity contribution is 14.0. The molecule has 1 aliphatic rings. The molecular weight excluding hydrogens is 513 g/mol. The normalized spacial score (nSPS) is 16.8. The predicted molar refractivity (Wildman–Crippen MR) is 133 cm³/mol. The van der Waals surface area contributed by atoms with E-state index in [1.165, 1.54) is 5.69 Å². The highest BCUT2D eigenvalue weighted by Crippen LogP contribution is 2.19. The Morgan fingerprint density at radius 2 is 1.77 bits per heavy atom. The summed E-state index contributed by atoms with van der Waals surface area (Å²) in [5.74, 6) is 0.714. The predicted octanol–water partition coefficient (Wildman–Crippen LogP) is 2.42. The molecule has 1 fully saturated rings. The number of hydrogen-bond donors (Lipinski definition) is 3. The highest BCUT2D eigenvalue weighted by Gasteiger charge is 2.23. The third-order valence-electron chi connectivity index (χ3n) is 4.72. The first-order valence-electron chi connectivity index (χ1n) is 9.98. The minimum absolute atomic E-state index is 0. The van der Waals surface area contributed by atoms with E-state index in [0.29, 0.717) is 18.5 Å². The molecule has 3 N–H and O–H groups in total. The van der Waals surface area contributed by atoms with E-state index in [2.05, 4.69) is 49.5 Å². The zero-order valence-electron chi connectivity index (χ0n) is 17.1. The first-order chi connectivity index (χ1) is 14.1. The van der Waals surface area contributed by atoms with Crippen LogP contribution >= 0.6 is 24.0 Å². The molecule has 1 saturated heterocycles. The van der Waals surface area contributed by atoms with Crippen molar-refractivity contribution < 1.29 is 8.42 Å². The molecule has 0 amide bonds. The van der Waals surface area contributed by atoms with Crippen LogP contribution in [-0.2, 0) is 10.0 Å². The van der Waals surface area contributed by atoms with E-state index in [1.54, 1.807) is 30.3 Å². The summed E-state index contributed by atoms with van der Waals surface area (Å²) in [4.78, 5) is 7.14. The van der Waals surface area contributed by atoms with Crippen molar-refractivity contribution in [1.29, 1.82) is 0 Å². The number of benzene rings is 2. The first kappa shape index (κ1) is 24.4. The maximum absolute atomic E-state index is 12.3. The molecule has 0 aliphatic carbocycles. The van der Waals surface area contributed by atoms with Gasteiger partial charge in [-0.05, 0) is 37.6 Å². The number of sulfonamides is 1. The van der Waals surface area contributed by atoms with Gasteiger partial charge in [0, 0.05) is 37.9 Å². The van der Waals surface area contributed by atoms with Crippen LogP contribution in [0.3, 0.4) is 0 Å². The second-order valence-corrected chi connectivity index (χ2v) is 8.65. The zero-order valence-corrected chi connectivity index (χ0v) is 20.3. The molecule has 0 saturated carbocycles. The number of nitrogens with zero attached hydrogens (tertiary/aromatic N) is 2. The number of guanidine groups is 1. The molecule has 2 aromatic carbocycles. The number of halogens is 1. The maximum atomic E-state index is 12.3. The van der Waals surface area contributed by atoms with Crippen molar-refractivity contribution in [3.8, 4) is 0 Å². The molecule has 0 spiro atoms. The third-order valence-corrected chi connectivity index (χ3v) is 6.20. The molecule has 2 aromatic rings. The van der Waals surface area contributed by atoms with Gasteiger partial charge in [-0.15, -0.1) is 24.0 Å². The lowest BCUT2D eigenvalue weighted by atomic mass is 10.3. The van der Waals surface area contributed by atoms with E-state index in [4.69, 9.17) is 0 Å². The van der Waals surface area contributed by atoms with Gasteiger partial charge in [0.1, 0.15) is 0 Å². The Hall–Kier alpha value is -1.85. The molecule has 164 valence electrons. The van der Waals surface area contributed by atoms with Crippen molar-refractivity contribution in [2.75, 3.05) is 37.6 Å². The maximum Gasteiger partial charge on any atom is 0.240 e. The molecule has 0 bridgehead atoms. The molecule has 9 heteroatoms. The Morgan fingerprint density at radius 1 is 1.10 bits per heavy atom. The van der Waals surface area contributed by atoms with E-state index >= 15 is 0 Å². The SMILES string of the molecule is CCNC(=NCCNS(=O)(=O)c1ccccc1)NC1CCN(c2ccccc2)C1.I. The average Bonchev–Trinajstić information content (AvgIpc) is 3.21. The fraction of sp³-hybridized carbons (Fsp3) is 0.381. The highest BCUT2D eigenvalue weighted by atomic mass is 127. The van der Waals surface area contributed by atoms with Crippen LogP contribution in [0.5, 0.6) is 0 Å². The Labute approximate surface area is 196 Å². The van der Waals surface area contributed by atoms with Gasteiger partial charge in [0.05, 0.1) is 11.4 Å². The van der Waals surface area contributed by atoms with Crippen LogP contribution in [0.4, 0.5) is 5.69 Å². The quantitative estimate of drug-likeness (QED) is 0.206. The van der Waals surface area contributed by atoms with Crippen LogP contribution in [0.15, 0.2) is 70.6 Å². The van der Waals surface area contributed by atoms with Crippen molar-refractivity contribution in [2.24, 2.45) is 4.99 Å². The second kappa shape index (κ2) is 12.1. The summed E-state index contributed by atoms with van der Waals surface area (Å²) >= 11 is 0. The lowest BCUT2D eigenvalue weighted by molar-refractivity contribution is 0.582. The van der Waals surface area contributed by atoms with Gasteiger partial charge in [0.25, 0.3) is 0 Å². The van der Waals surface area contributed by atoms with Gasteiger partial charge >= 0.3 is 0 Å². The van der Waals surface area contributed by atoms with Gasteiger partial charge in [0.15, 0.2) is 5.96 Å². The van der Waals surface area contributed by atoms with Gasteiger partial charge in [-0.25, -0.2) is 13.1 Å². The van der Waals surface area contributed by atoms with Gasteiger partial charge in [-0.2, -0.15) is 0 Å². The summed E-state index contributed by atoms with van der Waals surface area (Å²) in [5, 5.41) is 6.70.